The first-order valence-electron chi connectivity index (χ1n) is 6.61. The second-order valence-corrected chi connectivity index (χ2v) is 6.02. The number of aromatic nitrogens is 1. The normalized spacial score (nSPS) is 18.8. The molecule has 21 heavy (non-hydrogen) atoms. The van der Waals surface area contributed by atoms with Crippen LogP contribution in [0, 0.1) is 0 Å². The second-order valence-electron chi connectivity index (χ2n) is 5.02. The molecule has 9 heteroatoms. The molecule has 0 spiro atoms. The highest BCUT2D eigenvalue weighted by Crippen LogP contribution is 2.27. The summed E-state index contributed by atoms with van der Waals surface area (Å²) in [5, 5.41) is 3.68. The maximum Gasteiger partial charge on any atom is 0.268 e. The number of anilines is 2. The summed E-state index contributed by atoms with van der Waals surface area (Å²) < 4.78 is 5.20. The molecule has 2 rings (SSSR count). The molecule has 1 unspecified atom stereocenters. The number of nitrogens with two attached hydrogens (primary N) is 2. The Labute approximate surface area is 126 Å². The lowest BCUT2D eigenvalue weighted by molar-refractivity contribution is -0.127. The first kappa shape index (κ1) is 15.5. The topological polar surface area (TPSA) is 124 Å². The number of thiazole rings is 1. The minimum atomic E-state index is -0.769. The molecule has 0 aliphatic carbocycles. The molecular formula is C12H19N5O3S. The summed E-state index contributed by atoms with van der Waals surface area (Å²) in [5.41, 5.74) is 11.1. The van der Waals surface area contributed by atoms with E-state index in [-0.39, 0.29) is 24.4 Å². The molecule has 1 aromatic heterocycles. The number of amides is 2. The van der Waals surface area contributed by atoms with Crippen molar-refractivity contribution in [2.75, 3.05) is 30.8 Å². The van der Waals surface area contributed by atoms with Crippen molar-refractivity contribution >= 4 is 34.1 Å². The molecule has 116 valence electrons. The summed E-state index contributed by atoms with van der Waals surface area (Å²) in [4.78, 5) is 29.8. The van der Waals surface area contributed by atoms with Crippen molar-refractivity contribution < 1.29 is 14.3 Å². The highest BCUT2D eigenvalue weighted by molar-refractivity contribution is 7.18. The van der Waals surface area contributed by atoms with Crippen LogP contribution < -0.4 is 16.8 Å². The van der Waals surface area contributed by atoms with Gasteiger partial charge >= 0.3 is 0 Å². The zero-order valence-corrected chi connectivity index (χ0v) is 12.8. The number of morpholine rings is 1. The summed E-state index contributed by atoms with van der Waals surface area (Å²) in [5.74, 6) is -0.775. The average molecular weight is 313 g/mol. The van der Waals surface area contributed by atoms with E-state index in [1.807, 2.05) is 13.8 Å². The number of nitrogens with one attached hydrogen (secondary N) is 1. The highest BCUT2D eigenvalue weighted by Gasteiger charge is 2.34. The predicted molar refractivity (Wildman–Crippen MR) is 80.1 cm³/mol. The summed E-state index contributed by atoms with van der Waals surface area (Å²) in [6, 6.07) is -0.588. The van der Waals surface area contributed by atoms with Crippen molar-refractivity contribution in [3.8, 4) is 0 Å². The second kappa shape index (κ2) is 6.27. The van der Waals surface area contributed by atoms with Crippen LogP contribution in [0.25, 0.3) is 0 Å². The molecule has 1 fully saturated rings. The lowest BCUT2D eigenvalue weighted by Gasteiger charge is -2.33. The fourth-order valence-electron chi connectivity index (χ4n) is 2.01. The fourth-order valence-corrected chi connectivity index (χ4v) is 2.99. The molecule has 0 saturated carbocycles. The molecule has 0 radical (unpaired) electrons. The Hall–Kier alpha value is -1.87. The van der Waals surface area contributed by atoms with Gasteiger partial charge in [0.25, 0.3) is 5.91 Å². The van der Waals surface area contributed by atoms with Crippen molar-refractivity contribution in [1.82, 2.24) is 9.88 Å². The summed E-state index contributed by atoms with van der Waals surface area (Å²) in [6.45, 7) is 4.70. The van der Waals surface area contributed by atoms with Crippen LogP contribution in [0.2, 0.25) is 0 Å². The lowest BCUT2D eigenvalue weighted by Crippen LogP contribution is -2.54. The van der Waals surface area contributed by atoms with Gasteiger partial charge in [0.2, 0.25) is 5.91 Å². The van der Waals surface area contributed by atoms with Crippen LogP contribution in [0.4, 0.5) is 10.9 Å². The van der Waals surface area contributed by atoms with Gasteiger partial charge in [-0.3, -0.25) is 9.59 Å². The SMILES string of the molecule is CC(C)Nc1nc(N)c(C(=O)N2CCOCC2C(N)=O)s1. The molecule has 0 bridgehead atoms. The first-order valence-corrected chi connectivity index (χ1v) is 7.42. The molecule has 1 aliphatic rings. The zero-order chi connectivity index (χ0) is 15.6. The van der Waals surface area contributed by atoms with Gasteiger partial charge in [-0.1, -0.05) is 11.3 Å². The quantitative estimate of drug-likeness (QED) is 0.711. The minimum absolute atomic E-state index is 0.108. The van der Waals surface area contributed by atoms with Gasteiger partial charge in [-0.05, 0) is 13.8 Å². The number of carbonyl (C=O) groups is 2. The van der Waals surface area contributed by atoms with E-state index >= 15 is 0 Å². The zero-order valence-electron chi connectivity index (χ0n) is 12.0. The predicted octanol–water partition coefficient (Wildman–Crippen LogP) is -0.128. The number of carbonyl (C=O) groups excluding carboxylic acids is 2. The molecule has 5 N–H and O–H groups in total. The summed E-state index contributed by atoms with van der Waals surface area (Å²) in [7, 11) is 0. The Morgan fingerprint density at radius 1 is 1.52 bits per heavy atom. The van der Waals surface area contributed by atoms with Crippen LogP contribution >= 0.6 is 11.3 Å². The van der Waals surface area contributed by atoms with Crippen LogP contribution in [0.15, 0.2) is 0 Å². The van der Waals surface area contributed by atoms with E-state index in [1.165, 1.54) is 16.2 Å². The van der Waals surface area contributed by atoms with Gasteiger partial charge in [-0.2, -0.15) is 0 Å². The van der Waals surface area contributed by atoms with Crippen LogP contribution in [-0.2, 0) is 9.53 Å². The fraction of sp³-hybridized carbons (Fsp3) is 0.583. The molecule has 1 atom stereocenters. The first-order chi connectivity index (χ1) is 9.90. The number of primary amides is 1. The molecular weight excluding hydrogens is 294 g/mol. The van der Waals surface area contributed by atoms with Crippen molar-refractivity contribution in [3.63, 3.8) is 0 Å². The Morgan fingerprint density at radius 2 is 2.24 bits per heavy atom. The van der Waals surface area contributed by atoms with E-state index < -0.39 is 11.9 Å². The Balaban J connectivity index is 2.22. The van der Waals surface area contributed by atoms with Crippen molar-refractivity contribution in [2.24, 2.45) is 5.73 Å². The standard InChI is InChI=1S/C12H19N5O3S/c1-6(2)15-12-16-9(13)8(21-12)11(19)17-3-4-20-5-7(17)10(14)18/h6-7H,3-5,13H2,1-2H3,(H2,14,18)(H,15,16). The highest BCUT2D eigenvalue weighted by atomic mass is 32.1. The van der Waals surface area contributed by atoms with Crippen molar-refractivity contribution in [1.29, 1.82) is 0 Å². The van der Waals surface area contributed by atoms with E-state index in [0.717, 1.165) is 0 Å². The van der Waals surface area contributed by atoms with E-state index in [0.29, 0.717) is 23.2 Å². The van der Waals surface area contributed by atoms with E-state index in [9.17, 15) is 9.59 Å². The summed E-state index contributed by atoms with van der Waals surface area (Å²) >= 11 is 1.17. The van der Waals surface area contributed by atoms with Crippen LogP contribution in [0.5, 0.6) is 0 Å². The Kier molecular flexibility index (Phi) is 4.63. The van der Waals surface area contributed by atoms with Gasteiger partial charge in [-0.25, -0.2) is 4.98 Å². The number of hydrogen-bond acceptors (Lipinski definition) is 7. The Morgan fingerprint density at radius 3 is 2.86 bits per heavy atom. The molecule has 1 aromatic rings. The van der Waals surface area contributed by atoms with E-state index in [1.54, 1.807) is 0 Å². The maximum atomic E-state index is 12.6. The molecule has 0 aromatic carbocycles. The number of ether oxygens (including phenoxy) is 1. The van der Waals surface area contributed by atoms with Crippen LogP contribution in [0.3, 0.4) is 0 Å². The number of rotatable bonds is 4. The Bertz CT molecular complexity index is 545. The third-order valence-electron chi connectivity index (χ3n) is 2.98. The smallest absolute Gasteiger partial charge is 0.268 e. The van der Waals surface area contributed by atoms with Crippen molar-refractivity contribution in [3.05, 3.63) is 4.88 Å². The molecule has 1 aliphatic heterocycles. The van der Waals surface area contributed by atoms with Crippen LogP contribution in [0.1, 0.15) is 23.5 Å². The van der Waals surface area contributed by atoms with Gasteiger partial charge in [0.15, 0.2) is 5.13 Å². The molecule has 2 amide bonds. The lowest BCUT2D eigenvalue weighted by atomic mass is 10.2. The third kappa shape index (κ3) is 3.42. The number of nitrogens with zero attached hydrogens (tertiary/aromatic N) is 2. The largest absolute Gasteiger partial charge is 0.382 e. The van der Waals surface area contributed by atoms with Gasteiger partial charge in [0.1, 0.15) is 16.7 Å². The van der Waals surface area contributed by atoms with E-state index in [4.69, 9.17) is 16.2 Å². The van der Waals surface area contributed by atoms with Gasteiger partial charge < -0.3 is 26.4 Å². The summed E-state index contributed by atoms with van der Waals surface area (Å²) in [6.07, 6.45) is 0. The maximum absolute atomic E-state index is 12.6. The van der Waals surface area contributed by atoms with E-state index in [2.05, 4.69) is 10.3 Å². The molecule has 2 heterocycles. The minimum Gasteiger partial charge on any atom is -0.382 e. The van der Waals surface area contributed by atoms with Crippen LogP contribution in [-0.4, -0.2) is 53.5 Å². The van der Waals surface area contributed by atoms with Gasteiger partial charge in [0, 0.05) is 12.6 Å². The monoisotopic (exact) mass is 313 g/mol. The molecule has 1 saturated heterocycles. The average Bonchev–Trinajstić information content (AvgIpc) is 2.77. The molecule has 8 nitrogen and oxygen atoms in total. The van der Waals surface area contributed by atoms with Gasteiger partial charge in [-0.15, -0.1) is 0 Å². The third-order valence-corrected chi connectivity index (χ3v) is 3.97. The number of nitrogen functional groups attached to an aromatic ring is 1. The van der Waals surface area contributed by atoms with Gasteiger partial charge in [0.05, 0.1) is 13.2 Å². The number of hydrogen-bond donors (Lipinski definition) is 3. The van der Waals surface area contributed by atoms with Crippen molar-refractivity contribution in [2.45, 2.75) is 25.9 Å².